The number of aryl methyl sites for hydroxylation is 2. The van der Waals surface area contributed by atoms with Gasteiger partial charge in [0.15, 0.2) is 11.9 Å². The second kappa shape index (κ2) is 9.84. The highest BCUT2D eigenvalue weighted by atomic mass is 16.5. The zero-order valence-corrected chi connectivity index (χ0v) is 21.2. The van der Waals surface area contributed by atoms with Gasteiger partial charge in [0, 0.05) is 34.2 Å². The molecule has 0 saturated carbocycles. The molecule has 6 rings (SSSR count). The van der Waals surface area contributed by atoms with E-state index in [1.165, 1.54) is 0 Å². The monoisotopic (exact) mass is 514 g/mol. The standard InChI is InChI=1S/C30H22N6O3/c1-17-26(18(2)39-36-17)24-14-19(16-31)12-13-23(24)29-34-35-30(38-29)33-28-25(37)15-21-10-6-7-11-22(21)27(32-28)20-8-4-3-5-9-20/h3-14,28H,15H2,1-2H3,(H,33,35)/t28-/m1/s1. The van der Waals surface area contributed by atoms with Gasteiger partial charge in [-0.3, -0.25) is 9.79 Å². The van der Waals surface area contributed by atoms with E-state index in [9.17, 15) is 10.1 Å². The van der Waals surface area contributed by atoms with Gasteiger partial charge in [-0.25, -0.2) is 0 Å². The molecular weight excluding hydrogens is 492 g/mol. The highest BCUT2D eigenvalue weighted by molar-refractivity contribution is 6.16. The van der Waals surface area contributed by atoms with Gasteiger partial charge < -0.3 is 14.3 Å². The Labute approximate surface area is 223 Å². The molecule has 0 aliphatic carbocycles. The van der Waals surface area contributed by atoms with Crippen LogP contribution in [0.2, 0.25) is 0 Å². The number of nitrogens with zero attached hydrogens (tertiary/aromatic N) is 5. The van der Waals surface area contributed by atoms with Crippen LogP contribution in [0.15, 0.2) is 86.7 Å². The van der Waals surface area contributed by atoms with Crippen LogP contribution in [-0.4, -0.2) is 33.0 Å². The van der Waals surface area contributed by atoms with E-state index in [1.807, 2.05) is 61.5 Å². The Kier molecular flexibility index (Phi) is 6.05. The summed E-state index contributed by atoms with van der Waals surface area (Å²) in [6.07, 6.45) is -0.718. The molecule has 0 bridgehead atoms. The van der Waals surface area contributed by atoms with Crippen LogP contribution < -0.4 is 5.32 Å². The van der Waals surface area contributed by atoms with Gasteiger partial charge in [-0.1, -0.05) is 64.9 Å². The number of ketones is 1. The fourth-order valence-electron chi connectivity index (χ4n) is 4.78. The first kappa shape index (κ1) is 24.0. The van der Waals surface area contributed by atoms with Crippen LogP contribution in [0, 0.1) is 25.2 Å². The van der Waals surface area contributed by atoms with Crippen molar-refractivity contribution in [2.45, 2.75) is 26.4 Å². The van der Waals surface area contributed by atoms with Gasteiger partial charge >= 0.3 is 6.01 Å². The quantitative estimate of drug-likeness (QED) is 0.335. The summed E-state index contributed by atoms with van der Waals surface area (Å²) in [6, 6.07) is 24.9. The van der Waals surface area contributed by atoms with Gasteiger partial charge in [-0.05, 0) is 37.6 Å². The molecule has 0 saturated heterocycles. The molecule has 190 valence electrons. The lowest BCUT2D eigenvalue weighted by Crippen LogP contribution is -2.29. The van der Waals surface area contributed by atoms with Crippen molar-refractivity contribution in [1.82, 2.24) is 15.4 Å². The number of benzene rings is 3. The van der Waals surface area contributed by atoms with Crippen molar-refractivity contribution in [2.75, 3.05) is 5.32 Å². The van der Waals surface area contributed by atoms with Gasteiger partial charge in [0.1, 0.15) is 5.76 Å². The second-order valence-electron chi connectivity index (χ2n) is 9.17. The summed E-state index contributed by atoms with van der Waals surface area (Å²) in [5, 5.41) is 24.9. The number of hydrogen-bond acceptors (Lipinski definition) is 9. The molecule has 9 heteroatoms. The maximum atomic E-state index is 13.3. The number of fused-ring (bicyclic) bond motifs is 1. The summed E-state index contributed by atoms with van der Waals surface area (Å²) in [5.41, 5.74) is 6.62. The Balaban J connectivity index is 1.38. The van der Waals surface area contributed by atoms with Gasteiger partial charge in [-0.2, -0.15) is 5.26 Å². The van der Waals surface area contributed by atoms with Crippen molar-refractivity contribution in [2.24, 2.45) is 4.99 Å². The van der Waals surface area contributed by atoms with Crippen LogP contribution in [-0.2, 0) is 11.2 Å². The van der Waals surface area contributed by atoms with Gasteiger partial charge in [-0.15, -0.1) is 5.10 Å². The summed E-state index contributed by atoms with van der Waals surface area (Å²) in [5.74, 6) is 0.699. The largest absolute Gasteiger partial charge is 0.403 e. The Morgan fingerprint density at radius 3 is 2.51 bits per heavy atom. The number of Topliss-reactive ketones (excluding diaryl/α,β-unsaturated/α-hetero) is 1. The van der Waals surface area contributed by atoms with E-state index in [0.717, 1.165) is 22.3 Å². The molecule has 0 unspecified atom stereocenters. The Bertz CT molecular complexity index is 1760. The molecule has 1 N–H and O–H groups in total. The van der Waals surface area contributed by atoms with Gasteiger partial charge in [0.25, 0.3) is 0 Å². The second-order valence-corrected chi connectivity index (χ2v) is 9.17. The van der Waals surface area contributed by atoms with Crippen LogP contribution in [0.25, 0.3) is 22.6 Å². The number of aliphatic imine (C=N–C) groups is 1. The molecule has 0 fully saturated rings. The molecule has 39 heavy (non-hydrogen) atoms. The number of hydrogen-bond donors (Lipinski definition) is 1. The Morgan fingerprint density at radius 2 is 1.74 bits per heavy atom. The lowest BCUT2D eigenvalue weighted by molar-refractivity contribution is -0.119. The lowest BCUT2D eigenvalue weighted by Gasteiger charge is -2.12. The molecular formula is C30H22N6O3. The van der Waals surface area contributed by atoms with Crippen molar-refractivity contribution >= 4 is 17.5 Å². The van der Waals surface area contributed by atoms with E-state index in [0.29, 0.717) is 33.9 Å². The highest BCUT2D eigenvalue weighted by Gasteiger charge is 2.28. The number of nitrogens with one attached hydrogen (secondary N) is 1. The normalized spacial score (nSPS) is 14.7. The summed E-state index contributed by atoms with van der Waals surface area (Å²) < 4.78 is 11.3. The van der Waals surface area contributed by atoms with Crippen LogP contribution >= 0.6 is 0 Å². The molecule has 0 amide bonds. The van der Waals surface area contributed by atoms with Crippen LogP contribution in [0.3, 0.4) is 0 Å². The predicted octanol–water partition coefficient (Wildman–Crippen LogP) is 5.28. The number of anilines is 1. The molecule has 9 nitrogen and oxygen atoms in total. The first-order chi connectivity index (χ1) is 19.0. The summed E-state index contributed by atoms with van der Waals surface area (Å²) >= 11 is 0. The van der Waals surface area contributed by atoms with E-state index >= 15 is 0 Å². The molecule has 1 aliphatic rings. The Morgan fingerprint density at radius 1 is 0.949 bits per heavy atom. The summed E-state index contributed by atoms with van der Waals surface area (Å²) in [4.78, 5) is 18.1. The third kappa shape index (κ3) is 4.49. The average molecular weight is 515 g/mol. The van der Waals surface area contributed by atoms with Crippen molar-refractivity contribution in [3.63, 3.8) is 0 Å². The molecule has 0 radical (unpaired) electrons. The van der Waals surface area contributed by atoms with E-state index < -0.39 is 6.17 Å². The molecule has 3 heterocycles. The van der Waals surface area contributed by atoms with Gasteiger partial charge in [0.05, 0.1) is 23.0 Å². The zero-order chi connectivity index (χ0) is 26.9. The number of nitriles is 1. The topological polar surface area (TPSA) is 130 Å². The molecule has 1 atom stereocenters. The number of carbonyl (C=O) groups excluding carboxylic acids is 1. The van der Waals surface area contributed by atoms with Gasteiger partial charge in [0.2, 0.25) is 5.89 Å². The summed E-state index contributed by atoms with van der Waals surface area (Å²) in [6.45, 7) is 3.63. The SMILES string of the molecule is Cc1noc(C)c1-c1cc(C#N)ccc1-c1nnc(N[C@H]2N=C(c3ccccc3)c3ccccc3CC2=O)o1. The van der Waals surface area contributed by atoms with E-state index in [-0.39, 0.29) is 24.1 Å². The Hall–Kier alpha value is -5.36. The molecule has 5 aromatic rings. The predicted molar refractivity (Wildman–Crippen MR) is 144 cm³/mol. The number of rotatable bonds is 5. The van der Waals surface area contributed by atoms with E-state index in [4.69, 9.17) is 13.9 Å². The van der Waals surface area contributed by atoms with Crippen molar-refractivity contribution in [3.8, 4) is 28.7 Å². The number of carbonyl (C=O) groups is 1. The van der Waals surface area contributed by atoms with E-state index in [2.05, 4.69) is 26.7 Å². The lowest BCUT2D eigenvalue weighted by atomic mass is 9.96. The average Bonchev–Trinajstić information content (AvgIpc) is 3.53. The third-order valence-corrected chi connectivity index (χ3v) is 6.61. The zero-order valence-electron chi connectivity index (χ0n) is 21.2. The fraction of sp³-hybridized carbons (Fsp3) is 0.133. The minimum atomic E-state index is -0.927. The molecule has 3 aromatic carbocycles. The number of aromatic nitrogens is 3. The minimum absolute atomic E-state index is 0.0551. The summed E-state index contributed by atoms with van der Waals surface area (Å²) in [7, 11) is 0. The minimum Gasteiger partial charge on any atom is -0.403 e. The maximum absolute atomic E-state index is 13.3. The van der Waals surface area contributed by atoms with Crippen LogP contribution in [0.5, 0.6) is 0 Å². The highest BCUT2D eigenvalue weighted by Crippen LogP contribution is 2.36. The third-order valence-electron chi connectivity index (χ3n) is 6.61. The van der Waals surface area contributed by atoms with Crippen LogP contribution in [0.4, 0.5) is 6.01 Å². The molecule has 2 aromatic heterocycles. The molecule has 0 spiro atoms. The maximum Gasteiger partial charge on any atom is 0.317 e. The first-order valence-electron chi connectivity index (χ1n) is 12.3. The fourth-order valence-corrected chi connectivity index (χ4v) is 4.78. The molecule has 1 aliphatic heterocycles. The van der Waals surface area contributed by atoms with E-state index in [1.54, 1.807) is 25.1 Å². The van der Waals surface area contributed by atoms with Crippen molar-refractivity contribution in [3.05, 3.63) is 107 Å². The van der Waals surface area contributed by atoms with Crippen molar-refractivity contribution < 1.29 is 13.7 Å². The smallest absolute Gasteiger partial charge is 0.317 e. The van der Waals surface area contributed by atoms with Crippen molar-refractivity contribution in [1.29, 1.82) is 5.26 Å². The first-order valence-corrected chi connectivity index (χ1v) is 12.3. The van der Waals surface area contributed by atoms with Crippen LogP contribution in [0.1, 0.15) is 33.7 Å².